The van der Waals surface area contributed by atoms with Crippen molar-refractivity contribution < 1.29 is 4.39 Å². The first kappa shape index (κ1) is 14.5. The first-order valence-electron chi connectivity index (χ1n) is 7.98. The SMILES string of the molecule is Cc1cc(F)cc(NC2=NC3=C(CC=N2)CN(C2CNC2)C3)c1. The quantitative estimate of drug-likeness (QED) is 0.877. The van der Waals surface area contributed by atoms with Gasteiger partial charge in [0.15, 0.2) is 0 Å². The molecule has 0 radical (unpaired) electrons. The summed E-state index contributed by atoms with van der Waals surface area (Å²) in [5.74, 6) is 0.281. The molecule has 0 saturated carbocycles. The van der Waals surface area contributed by atoms with E-state index in [1.807, 2.05) is 19.2 Å². The Labute approximate surface area is 135 Å². The first-order chi connectivity index (χ1) is 11.2. The third kappa shape index (κ3) is 3.04. The number of rotatable bonds is 2. The Morgan fingerprint density at radius 1 is 1.26 bits per heavy atom. The lowest BCUT2D eigenvalue weighted by Crippen LogP contribution is -2.56. The second-order valence-electron chi connectivity index (χ2n) is 6.36. The largest absolute Gasteiger partial charge is 0.324 e. The summed E-state index contributed by atoms with van der Waals surface area (Å²) in [4.78, 5) is 11.5. The minimum atomic E-state index is -0.255. The number of nitrogens with zero attached hydrogens (tertiary/aromatic N) is 3. The van der Waals surface area contributed by atoms with Gasteiger partial charge in [-0.05, 0) is 36.3 Å². The van der Waals surface area contributed by atoms with Crippen molar-refractivity contribution in [3.8, 4) is 0 Å². The van der Waals surface area contributed by atoms with E-state index in [9.17, 15) is 4.39 Å². The Morgan fingerprint density at radius 3 is 2.87 bits per heavy atom. The van der Waals surface area contributed by atoms with E-state index in [2.05, 4.69) is 25.5 Å². The van der Waals surface area contributed by atoms with Crippen LogP contribution in [-0.4, -0.2) is 49.3 Å². The fourth-order valence-electron chi connectivity index (χ4n) is 3.18. The number of hydrogen-bond acceptors (Lipinski definition) is 5. The van der Waals surface area contributed by atoms with Crippen LogP contribution in [-0.2, 0) is 0 Å². The highest BCUT2D eigenvalue weighted by molar-refractivity contribution is 6.00. The maximum absolute atomic E-state index is 13.5. The molecule has 3 aliphatic heterocycles. The van der Waals surface area contributed by atoms with Crippen LogP contribution in [0.4, 0.5) is 10.1 Å². The molecule has 23 heavy (non-hydrogen) atoms. The van der Waals surface area contributed by atoms with Gasteiger partial charge in [-0.2, -0.15) is 0 Å². The summed E-state index contributed by atoms with van der Waals surface area (Å²) in [6, 6.07) is 5.48. The molecule has 0 amide bonds. The van der Waals surface area contributed by atoms with Crippen molar-refractivity contribution in [1.82, 2.24) is 10.2 Å². The topological polar surface area (TPSA) is 52.0 Å². The van der Waals surface area contributed by atoms with Gasteiger partial charge in [-0.1, -0.05) is 0 Å². The average molecular weight is 313 g/mol. The molecule has 0 unspecified atom stereocenters. The molecule has 0 aliphatic carbocycles. The maximum atomic E-state index is 13.5. The van der Waals surface area contributed by atoms with Gasteiger partial charge < -0.3 is 10.6 Å². The predicted molar refractivity (Wildman–Crippen MR) is 90.6 cm³/mol. The van der Waals surface area contributed by atoms with E-state index in [4.69, 9.17) is 0 Å². The second kappa shape index (κ2) is 5.86. The molecule has 0 bridgehead atoms. The van der Waals surface area contributed by atoms with Crippen LogP contribution < -0.4 is 10.6 Å². The summed E-state index contributed by atoms with van der Waals surface area (Å²) in [6.45, 7) is 5.84. The van der Waals surface area contributed by atoms with Gasteiger partial charge in [0.2, 0.25) is 5.96 Å². The van der Waals surface area contributed by atoms with Gasteiger partial charge in [0.1, 0.15) is 5.82 Å². The second-order valence-corrected chi connectivity index (χ2v) is 6.36. The lowest BCUT2D eigenvalue weighted by atomic mass is 10.1. The van der Waals surface area contributed by atoms with Crippen molar-refractivity contribution in [3.05, 3.63) is 40.8 Å². The van der Waals surface area contributed by atoms with Gasteiger partial charge in [0.25, 0.3) is 0 Å². The number of anilines is 1. The number of benzene rings is 1. The molecule has 120 valence electrons. The first-order valence-corrected chi connectivity index (χ1v) is 7.98. The van der Waals surface area contributed by atoms with Crippen LogP contribution in [0.1, 0.15) is 12.0 Å². The number of guanidine groups is 1. The van der Waals surface area contributed by atoms with Crippen LogP contribution in [0.3, 0.4) is 0 Å². The standard InChI is InChI=1S/C17H20FN5/c1-11-4-13(18)6-14(5-11)21-17-20-3-2-12-9-23(10-16(12)22-17)15-7-19-8-15/h3-6,15,19H,2,7-10H2,1H3,(H,21,22). The molecule has 1 fully saturated rings. The Balaban J connectivity index is 1.52. The monoisotopic (exact) mass is 313 g/mol. The highest BCUT2D eigenvalue weighted by Gasteiger charge is 2.31. The lowest BCUT2D eigenvalue weighted by molar-refractivity contribution is 0.182. The molecule has 3 aliphatic rings. The molecule has 2 N–H and O–H groups in total. The molecule has 0 spiro atoms. The Bertz CT molecular complexity index is 697. The van der Waals surface area contributed by atoms with Crippen LogP contribution in [0.2, 0.25) is 0 Å². The van der Waals surface area contributed by atoms with Crippen LogP contribution in [0, 0.1) is 12.7 Å². The Morgan fingerprint density at radius 2 is 2.13 bits per heavy atom. The maximum Gasteiger partial charge on any atom is 0.227 e. The molecule has 6 heteroatoms. The smallest absolute Gasteiger partial charge is 0.227 e. The zero-order chi connectivity index (χ0) is 15.8. The van der Waals surface area contributed by atoms with Crippen molar-refractivity contribution in [2.75, 3.05) is 31.5 Å². The molecule has 1 aromatic carbocycles. The summed E-state index contributed by atoms with van der Waals surface area (Å²) in [7, 11) is 0. The number of aryl methyl sites for hydroxylation is 1. The number of hydrogen-bond donors (Lipinski definition) is 2. The predicted octanol–water partition coefficient (Wildman–Crippen LogP) is 1.92. The third-order valence-electron chi connectivity index (χ3n) is 4.52. The van der Waals surface area contributed by atoms with Crippen LogP contribution in [0.15, 0.2) is 39.5 Å². The Hall–Kier alpha value is -2.05. The number of nitrogens with one attached hydrogen (secondary N) is 2. The van der Waals surface area contributed by atoms with Gasteiger partial charge in [-0.25, -0.2) is 14.4 Å². The van der Waals surface area contributed by atoms with E-state index in [0.29, 0.717) is 17.7 Å². The molecule has 0 atom stereocenters. The van der Waals surface area contributed by atoms with Crippen LogP contribution >= 0.6 is 0 Å². The van der Waals surface area contributed by atoms with E-state index in [0.717, 1.165) is 43.9 Å². The Kier molecular flexibility index (Phi) is 3.71. The molecule has 0 aromatic heterocycles. The van der Waals surface area contributed by atoms with E-state index in [1.165, 1.54) is 17.7 Å². The van der Waals surface area contributed by atoms with Crippen LogP contribution in [0.5, 0.6) is 0 Å². The van der Waals surface area contributed by atoms with Crippen molar-refractivity contribution in [2.45, 2.75) is 19.4 Å². The van der Waals surface area contributed by atoms with Crippen molar-refractivity contribution in [2.24, 2.45) is 9.98 Å². The van der Waals surface area contributed by atoms with Crippen LogP contribution in [0.25, 0.3) is 0 Å². The summed E-state index contributed by atoms with van der Waals surface area (Å²) in [6.07, 6.45) is 2.73. The average Bonchev–Trinajstić information content (AvgIpc) is 2.68. The highest BCUT2D eigenvalue weighted by atomic mass is 19.1. The zero-order valence-electron chi connectivity index (χ0n) is 13.1. The van der Waals surface area contributed by atoms with E-state index in [1.54, 1.807) is 0 Å². The van der Waals surface area contributed by atoms with Crippen molar-refractivity contribution >= 4 is 17.9 Å². The summed E-state index contributed by atoms with van der Waals surface area (Å²) < 4.78 is 13.5. The van der Waals surface area contributed by atoms with Gasteiger partial charge >= 0.3 is 0 Å². The van der Waals surface area contributed by atoms with Gasteiger partial charge in [-0.3, -0.25) is 4.90 Å². The van der Waals surface area contributed by atoms with E-state index in [-0.39, 0.29) is 5.82 Å². The fraction of sp³-hybridized carbons (Fsp3) is 0.412. The van der Waals surface area contributed by atoms with Gasteiger partial charge in [-0.15, -0.1) is 0 Å². The molecule has 1 saturated heterocycles. The molecule has 4 rings (SSSR count). The fourth-order valence-corrected chi connectivity index (χ4v) is 3.18. The van der Waals surface area contributed by atoms with E-state index < -0.39 is 0 Å². The normalized spacial score (nSPS) is 21.7. The zero-order valence-corrected chi connectivity index (χ0v) is 13.1. The highest BCUT2D eigenvalue weighted by Crippen LogP contribution is 2.25. The van der Waals surface area contributed by atoms with Crippen molar-refractivity contribution in [1.29, 1.82) is 0 Å². The minimum absolute atomic E-state index is 0.255. The molecular weight excluding hydrogens is 293 g/mol. The molecule has 1 aromatic rings. The van der Waals surface area contributed by atoms with Gasteiger partial charge in [0, 0.05) is 50.5 Å². The summed E-state index contributed by atoms with van der Waals surface area (Å²) in [5.41, 5.74) is 3.99. The molecule has 3 heterocycles. The lowest BCUT2D eigenvalue weighted by Gasteiger charge is -2.35. The molecular formula is C17H20FN5. The number of aliphatic imine (C=N–C) groups is 2. The van der Waals surface area contributed by atoms with E-state index >= 15 is 0 Å². The number of halogens is 1. The van der Waals surface area contributed by atoms with Gasteiger partial charge in [0.05, 0.1) is 5.70 Å². The van der Waals surface area contributed by atoms with Crippen molar-refractivity contribution in [3.63, 3.8) is 0 Å². The minimum Gasteiger partial charge on any atom is -0.324 e. The molecule has 5 nitrogen and oxygen atoms in total. The summed E-state index contributed by atoms with van der Waals surface area (Å²) >= 11 is 0. The third-order valence-corrected chi connectivity index (χ3v) is 4.52. The summed E-state index contributed by atoms with van der Waals surface area (Å²) in [5, 5.41) is 6.45.